The van der Waals surface area contributed by atoms with Crippen molar-refractivity contribution >= 4 is 17.7 Å². The summed E-state index contributed by atoms with van der Waals surface area (Å²) >= 11 is 0.910. The van der Waals surface area contributed by atoms with Gasteiger partial charge in [-0.15, -0.1) is 10.2 Å². The lowest BCUT2D eigenvalue weighted by molar-refractivity contribution is -0.133. The number of carboxylic acid groups (broad SMARTS) is 1. The second kappa shape index (κ2) is 5.53. The minimum absolute atomic E-state index is 0.0126. The van der Waals surface area contributed by atoms with Crippen LogP contribution in [0.15, 0.2) is 17.3 Å². The molecule has 0 radical (unpaired) electrons. The van der Waals surface area contributed by atoms with Crippen LogP contribution in [-0.4, -0.2) is 31.6 Å². The molecule has 106 valence electrons. The van der Waals surface area contributed by atoms with Crippen molar-refractivity contribution in [1.29, 1.82) is 0 Å². The van der Waals surface area contributed by atoms with Crippen molar-refractivity contribution in [2.45, 2.75) is 5.16 Å². The first-order valence-corrected chi connectivity index (χ1v) is 6.27. The summed E-state index contributed by atoms with van der Waals surface area (Å²) in [6, 6.07) is 1.60. The zero-order valence-electron chi connectivity index (χ0n) is 10.1. The van der Waals surface area contributed by atoms with Crippen LogP contribution in [0.5, 0.6) is 0 Å². The fourth-order valence-corrected chi connectivity index (χ4v) is 2.13. The first-order chi connectivity index (χ1) is 9.40. The Balaban J connectivity index is 2.37. The summed E-state index contributed by atoms with van der Waals surface area (Å²) in [5, 5.41) is 16.3. The third-order valence-corrected chi connectivity index (χ3v) is 3.41. The highest BCUT2D eigenvalue weighted by atomic mass is 32.2. The molecule has 2 aromatic rings. The maximum absolute atomic E-state index is 13.2. The molecule has 1 aromatic carbocycles. The summed E-state index contributed by atoms with van der Waals surface area (Å²) in [4.78, 5) is 10.5. The molecule has 0 fully saturated rings. The van der Waals surface area contributed by atoms with Crippen LogP contribution in [-0.2, 0) is 11.8 Å². The summed E-state index contributed by atoms with van der Waals surface area (Å²) < 4.78 is 40.6. The number of benzene rings is 1. The summed E-state index contributed by atoms with van der Waals surface area (Å²) in [5.41, 5.74) is 0.0126. The highest BCUT2D eigenvalue weighted by Crippen LogP contribution is 2.25. The maximum Gasteiger partial charge on any atom is 0.313 e. The molecule has 1 aromatic heterocycles. The lowest BCUT2D eigenvalue weighted by Crippen LogP contribution is -2.01. The van der Waals surface area contributed by atoms with Crippen LogP contribution >= 0.6 is 11.8 Å². The lowest BCUT2D eigenvalue weighted by Gasteiger charge is -2.04. The second-order valence-electron chi connectivity index (χ2n) is 3.80. The average molecular weight is 303 g/mol. The number of nitrogens with zero attached hydrogens (tertiary/aromatic N) is 3. The molecule has 9 heteroatoms. The molecule has 0 aliphatic rings. The minimum Gasteiger partial charge on any atom is -0.481 e. The Bertz CT molecular complexity index is 652. The van der Waals surface area contributed by atoms with E-state index in [9.17, 15) is 18.0 Å². The Morgan fingerprint density at radius 1 is 1.30 bits per heavy atom. The first-order valence-electron chi connectivity index (χ1n) is 5.29. The summed E-state index contributed by atoms with van der Waals surface area (Å²) in [6.07, 6.45) is 0. The van der Waals surface area contributed by atoms with Gasteiger partial charge in [-0.25, -0.2) is 13.2 Å². The van der Waals surface area contributed by atoms with Gasteiger partial charge in [-0.1, -0.05) is 11.8 Å². The molecular formula is C11H8F3N3O2S. The number of carboxylic acids is 1. The Morgan fingerprint density at radius 2 is 1.90 bits per heavy atom. The van der Waals surface area contributed by atoms with Crippen LogP contribution in [0.25, 0.3) is 11.4 Å². The molecule has 0 bridgehead atoms. The number of rotatable bonds is 4. The molecule has 20 heavy (non-hydrogen) atoms. The molecule has 0 amide bonds. The fourth-order valence-electron chi connectivity index (χ4n) is 1.50. The van der Waals surface area contributed by atoms with E-state index in [1.54, 1.807) is 0 Å². The summed E-state index contributed by atoms with van der Waals surface area (Å²) in [5.74, 6) is -5.37. The molecular weight excluding hydrogens is 295 g/mol. The zero-order chi connectivity index (χ0) is 14.9. The maximum atomic E-state index is 13.2. The van der Waals surface area contributed by atoms with Gasteiger partial charge < -0.3 is 9.67 Å². The molecule has 0 spiro atoms. The van der Waals surface area contributed by atoms with Crippen molar-refractivity contribution in [1.82, 2.24) is 14.8 Å². The molecule has 0 unspecified atom stereocenters. The van der Waals surface area contributed by atoms with E-state index in [0.29, 0.717) is 0 Å². The van der Waals surface area contributed by atoms with Crippen LogP contribution in [0.3, 0.4) is 0 Å². The van der Waals surface area contributed by atoms with Crippen LogP contribution in [0.4, 0.5) is 13.2 Å². The fraction of sp³-hybridized carbons (Fsp3) is 0.182. The van der Waals surface area contributed by atoms with E-state index in [-0.39, 0.29) is 22.3 Å². The predicted octanol–water partition coefficient (Wildman–Crippen LogP) is 2.08. The van der Waals surface area contributed by atoms with Gasteiger partial charge in [-0.3, -0.25) is 4.79 Å². The van der Waals surface area contributed by atoms with E-state index < -0.39 is 23.4 Å². The van der Waals surface area contributed by atoms with Gasteiger partial charge >= 0.3 is 5.97 Å². The summed E-state index contributed by atoms with van der Waals surface area (Å²) in [7, 11) is 1.51. The first kappa shape index (κ1) is 14.4. The van der Waals surface area contributed by atoms with Crippen molar-refractivity contribution in [2.24, 2.45) is 7.05 Å². The molecule has 5 nitrogen and oxygen atoms in total. The van der Waals surface area contributed by atoms with E-state index >= 15 is 0 Å². The zero-order valence-corrected chi connectivity index (χ0v) is 10.9. The molecule has 0 atom stereocenters. The standard InChI is InChI=1S/C11H8F3N3O2S/c1-17-10(15-16-11(17)20-4-8(18)19)5-2-6(12)9(14)7(13)3-5/h2-3H,4H2,1H3,(H,18,19). The van der Waals surface area contributed by atoms with Crippen molar-refractivity contribution in [2.75, 3.05) is 5.75 Å². The Hall–Kier alpha value is -2.03. The van der Waals surface area contributed by atoms with Crippen molar-refractivity contribution < 1.29 is 23.1 Å². The van der Waals surface area contributed by atoms with E-state index in [2.05, 4.69) is 10.2 Å². The van der Waals surface area contributed by atoms with Gasteiger partial charge in [0.2, 0.25) is 0 Å². The number of aromatic nitrogens is 3. The van der Waals surface area contributed by atoms with Crippen LogP contribution in [0.1, 0.15) is 0 Å². The molecule has 2 rings (SSSR count). The van der Waals surface area contributed by atoms with Gasteiger partial charge in [-0.05, 0) is 12.1 Å². The number of carbonyl (C=O) groups is 1. The number of hydrogen-bond acceptors (Lipinski definition) is 4. The Kier molecular flexibility index (Phi) is 3.98. The number of hydrogen-bond donors (Lipinski definition) is 1. The molecule has 1 N–H and O–H groups in total. The van der Waals surface area contributed by atoms with Crippen molar-refractivity contribution in [3.63, 3.8) is 0 Å². The molecule has 0 saturated heterocycles. The highest BCUT2D eigenvalue weighted by Gasteiger charge is 2.17. The van der Waals surface area contributed by atoms with Gasteiger partial charge in [0.25, 0.3) is 0 Å². The average Bonchev–Trinajstić information content (AvgIpc) is 2.74. The molecule has 0 saturated carbocycles. The van der Waals surface area contributed by atoms with Crippen LogP contribution in [0, 0.1) is 17.5 Å². The molecule has 0 aliphatic heterocycles. The van der Waals surface area contributed by atoms with Gasteiger partial charge in [-0.2, -0.15) is 0 Å². The van der Waals surface area contributed by atoms with E-state index in [1.165, 1.54) is 11.6 Å². The smallest absolute Gasteiger partial charge is 0.313 e. The predicted molar refractivity (Wildman–Crippen MR) is 64.7 cm³/mol. The van der Waals surface area contributed by atoms with Crippen LogP contribution in [0.2, 0.25) is 0 Å². The second-order valence-corrected chi connectivity index (χ2v) is 4.74. The van der Waals surface area contributed by atoms with Crippen LogP contribution < -0.4 is 0 Å². The minimum atomic E-state index is -1.56. The Labute approximate surface area is 115 Å². The van der Waals surface area contributed by atoms with E-state index in [4.69, 9.17) is 5.11 Å². The lowest BCUT2D eigenvalue weighted by atomic mass is 10.2. The largest absolute Gasteiger partial charge is 0.481 e. The third kappa shape index (κ3) is 2.77. The Morgan fingerprint density at radius 3 is 2.45 bits per heavy atom. The van der Waals surface area contributed by atoms with Gasteiger partial charge in [0.15, 0.2) is 28.4 Å². The number of halogens is 3. The monoisotopic (exact) mass is 303 g/mol. The quantitative estimate of drug-likeness (QED) is 0.692. The van der Waals surface area contributed by atoms with Crippen molar-refractivity contribution in [3.05, 3.63) is 29.6 Å². The SMILES string of the molecule is Cn1c(SCC(=O)O)nnc1-c1cc(F)c(F)c(F)c1. The normalized spacial score (nSPS) is 10.8. The third-order valence-electron chi connectivity index (χ3n) is 2.40. The topological polar surface area (TPSA) is 68.0 Å². The number of thioether (sulfide) groups is 1. The van der Waals surface area contributed by atoms with Gasteiger partial charge in [0.1, 0.15) is 0 Å². The van der Waals surface area contributed by atoms with Gasteiger partial charge in [0.05, 0.1) is 5.75 Å². The number of aliphatic carboxylic acids is 1. The molecule has 0 aliphatic carbocycles. The summed E-state index contributed by atoms with van der Waals surface area (Å²) in [6.45, 7) is 0. The van der Waals surface area contributed by atoms with Crippen molar-refractivity contribution in [3.8, 4) is 11.4 Å². The molecule has 1 heterocycles. The van der Waals surface area contributed by atoms with E-state index in [1.807, 2.05) is 0 Å². The highest BCUT2D eigenvalue weighted by molar-refractivity contribution is 7.99. The van der Waals surface area contributed by atoms with E-state index in [0.717, 1.165) is 23.9 Å². The van der Waals surface area contributed by atoms with Gasteiger partial charge in [0, 0.05) is 12.6 Å².